The molecule has 1 saturated carbocycles. The quantitative estimate of drug-likeness (QED) is 0.807. The first kappa shape index (κ1) is 13.8. The summed E-state index contributed by atoms with van der Waals surface area (Å²) >= 11 is 0. The lowest BCUT2D eigenvalue weighted by Crippen LogP contribution is -2.57. The number of benzene rings is 1. The fourth-order valence-corrected chi connectivity index (χ4v) is 2.70. The molecule has 2 atom stereocenters. The summed E-state index contributed by atoms with van der Waals surface area (Å²) in [6.45, 7) is 3.92. The molecule has 3 N–H and O–H groups in total. The zero-order valence-electron chi connectivity index (χ0n) is 12.0. The van der Waals surface area contributed by atoms with Crippen molar-refractivity contribution in [1.82, 2.24) is 4.98 Å². The molecule has 5 heteroatoms. The Morgan fingerprint density at radius 1 is 1.38 bits per heavy atom. The van der Waals surface area contributed by atoms with Crippen LogP contribution in [0, 0.1) is 5.41 Å². The normalized spacial score (nSPS) is 23.6. The fraction of sp³-hybridized carbons (Fsp3) is 0.375. The van der Waals surface area contributed by atoms with E-state index in [2.05, 4.69) is 10.3 Å². The van der Waals surface area contributed by atoms with E-state index in [1.54, 1.807) is 6.07 Å². The molecule has 1 heterocycles. The largest absolute Gasteiger partial charge is 0.478 e. The third-order valence-electron chi connectivity index (χ3n) is 4.48. The highest BCUT2D eigenvalue weighted by molar-refractivity contribution is 5.98. The number of carbonyl (C=O) groups is 1. The molecule has 0 radical (unpaired) electrons. The predicted octanol–water partition coefficient (Wildman–Crippen LogP) is 2.50. The molecule has 2 unspecified atom stereocenters. The van der Waals surface area contributed by atoms with Crippen LogP contribution in [0.25, 0.3) is 10.9 Å². The summed E-state index contributed by atoms with van der Waals surface area (Å²) in [6, 6.07) is 9.07. The van der Waals surface area contributed by atoms with Crippen molar-refractivity contribution < 1.29 is 15.0 Å². The molecule has 0 saturated heterocycles. The minimum atomic E-state index is -1.01. The Morgan fingerprint density at radius 2 is 2.10 bits per heavy atom. The Balaban J connectivity index is 2.01. The molecule has 21 heavy (non-hydrogen) atoms. The maximum atomic E-state index is 11.4. The zero-order chi connectivity index (χ0) is 15.2. The molecule has 0 bridgehead atoms. The number of rotatable bonds is 3. The number of hydrogen-bond donors (Lipinski definition) is 3. The minimum Gasteiger partial charge on any atom is -0.478 e. The van der Waals surface area contributed by atoms with Crippen molar-refractivity contribution in [2.75, 3.05) is 5.32 Å². The van der Waals surface area contributed by atoms with E-state index >= 15 is 0 Å². The molecule has 0 aliphatic heterocycles. The van der Waals surface area contributed by atoms with Gasteiger partial charge in [0, 0.05) is 16.8 Å². The molecule has 2 aromatic rings. The van der Waals surface area contributed by atoms with E-state index in [1.807, 2.05) is 38.1 Å². The third kappa shape index (κ3) is 2.23. The van der Waals surface area contributed by atoms with E-state index in [1.165, 1.54) is 0 Å². The number of carboxylic acid groups (broad SMARTS) is 1. The molecule has 110 valence electrons. The van der Waals surface area contributed by atoms with Crippen LogP contribution in [-0.4, -0.2) is 33.3 Å². The highest BCUT2D eigenvalue weighted by atomic mass is 16.4. The number of hydrogen-bond acceptors (Lipinski definition) is 4. The molecule has 0 spiro atoms. The van der Waals surface area contributed by atoms with Gasteiger partial charge in [0.2, 0.25) is 0 Å². The number of nitrogens with one attached hydrogen (secondary N) is 1. The molecule has 1 aliphatic rings. The first-order valence-corrected chi connectivity index (χ1v) is 6.97. The van der Waals surface area contributed by atoms with Gasteiger partial charge >= 0.3 is 5.97 Å². The van der Waals surface area contributed by atoms with Gasteiger partial charge in [0.1, 0.15) is 11.4 Å². The Kier molecular flexibility index (Phi) is 3.10. The topological polar surface area (TPSA) is 82.5 Å². The second kappa shape index (κ2) is 4.70. The smallest absolute Gasteiger partial charge is 0.339 e. The number of aliphatic hydroxyl groups is 1. The Labute approximate surface area is 122 Å². The molecule has 0 amide bonds. The number of nitrogens with zero attached hydrogens (tertiary/aromatic N) is 1. The van der Waals surface area contributed by atoms with Gasteiger partial charge in [0.25, 0.3) is 0 Å². The van der Waals surface area contributed by atoms with Crippen molar-refractivity contribution >= 4 is 22.7 Å². The van der Waals surface area contributed by atoms with Gasteiger partial charge in [-0.25, -0.2) is 9.78 Å². The third-order valence-corrected chi connectivity index (χ3v) is 4.48. The summed E-state index contributed by atoms with van der Waals surface area (Å²) in [5.41, 5.74) is 0.622. The maximum Gasteiger partial charge on any atom is 0.339 e. The van der Waals surface area contributed by atoms with E-state index in [0.29, 0.717) is 12.2 Å². The van der Waals surface area contributed by atoms with Gasteiger partial charge in [0.05, 0.1) is 11.6 Å². The van der Waals surface area contributed by atoms with E-state index in [0.717, 1.165) is 10.9 Å². The minimum absolute atomic E-state index is 0.0132. The fourth-order valence-electron chi connectivity index (χ4n) is 2.70. The predicted molar refractivity (Wildman–Crippen MR) is 80.5 cm³/mol. The number of aromatic carboxylic acids is 1. The van der Waals surface area contributed by atoms with Crippen LogP contribution in [0.2, 0.25) is 0 Å². The van der Waals surface area contributed by atoms with Crippen LogP contribution in [0.15, 0.2) is 30.3 Å². The first-order chi connectivity index (χ1) is 9.89. The summed E-state index contributed by atoms with van der Waals surface area (Å²) in [5.74, 6) is -0.639. The summed E-state index contributed by atoms with van der Waals surface area (Å²) in [7, 11) is 0. The monoisotopic (exact) mass is 286 g/mol. The number of carboxylic acids is 1. The van der Waals surface area contributed by atoms with E-state index < -0.39 is 5.97 Å². The van der Waals surface area contributed by atoms with Gasteiger partial charge in [-0.3, -0.25) is 0 Å². The van der Waals surface area contributed by atoms with Crippen LogP contribution in [0.5, 0.6) is 0 Å². The van der Waals surface area contributed by atoms with E-state index in [9.17, 15) is 15.0 Å². The number of aliphatic hydroxyl groups excluding tert-OH is 1. The van der Waals surface area contributed by atoms with E-state index in [4.69, 9.17) is 0 Å². The van der Waals surface area contributed by atoms with Crippen molar-refractivity contribution in [2.45, 2.75) is 32.4 Å². The van der Waals surface area contributed by atoms with Crippen molar-refractivity contribution in [1.29, 1.82) is 0 Å². The lowest BCUT2D eigenvalue weighted by Gasteiger charge is -2.49. The molecule has 1 aliphatic carbocycles. The van der Waals surface area contributed by atoms with E-state index in [-0.39, 0.29) is 23.1 Å². The van der Waals surface area contributed by atoms with Gasteiger partial charge in [-0.2, -0.15) is 0 Å². The average Bonchev–Trinajstić information content (AvgIpc) is 2.46. The van der Waals surface area contributed by atoms with Crippen molar-refractivity contribution in [2.24, 2.45) is 5.41 Å². The Hall–Kier alpha value is -2.14. The van der Waals surface area contributed by atoms with Crippen LogP contribution >= 0.6 is 0 Å². The van der Waals surface area contributed by atoms with Crippen LogP contribution in [-0.2, 0) is 0 Å². The van der Waals surface area contributed by atoms with Gasteiger partial charge in [-0.05, 0) is 18.6 Å². The number of aromatic nitrogens is 1. The highest BCUT2D eigenvalue weighted by Gasteiger charge is 2.47. The van der Waals surface area contributed by atoms with Gasteiger partial charge < -0.3 is 15.5 Å². The lowest BCUT2D eigenvalue weighted by atomic mass is 9.64. The van der Waals surface area contributed by atoms with Gasteiger partial charge in [0.15, 0.2) is 0 Å². The Bertz CT molecular complexity index is 712. The molecular weight excluding hydrogens is 268 g/mol. The average molecular weight is 286 g/mol. The van der Waals surface area contributed by atoms with Gasteiger partial charge in [-0.15, -0.1) is 0 Å². The zero-order valence-corrected chi connectivity index (χ0v) is 12.0. The summed E-state index contributed by atoms with van der Waals surface area (Å²) < 4.78 is 0. The second-order valence-corrected chi connectivity index (χ2v) is 6.15. The van der Waals surface area contributed by atoms with Crippen LogP contribution in [0.1, 0.15) is 30.6 Å². The molecule has 1 aromatic heterocycles. The molecule has 3 rings (SSSR count). The van der Waals surface area contributed by atoms with Crippen molar-refractivity contribution in [3.63, 3.8) is 0 Å². The SMILES string of the molecule is CC1(C)C(O)CC1Nc1nc2ccccc2cc1C(=O)O. The molecular formula is C16H18N2O3. The standard InChI is InChI=1S/C16H18N2O3/c1-16(2)12(8-13(16)19)18-14-10(15(20)21)7-9-5-3-4-6-11(9)17-14/h3-7,12-13,19H,8H2,1-2H3,(H,17,18)(H,20,21). The number of fused-ring (bicyclic) bond motifs is 1. The number of pyridine rings is 1. The Morgan fingerprint density at radius 3 is 2.71 bits per heavy atom. The van der Waals surface area contributed by atoms with Crippen molar-refractivity contribution in [3.8, 4) is 0 Å². The summed E-state index contributed by atoms with van der Waals surface area (Å²) in [4.78, 5) is 15.9. The molecule has 1 aromatic carbocycles. The second-order valence-electron chi connectivity index (χ2n) is 6.15. The maximum absolute atomic E-state index is 11.4. The van der Waals surface area contributed by atoms with Gasteiger partial charge in [-0.1, -0.05) is 32.0 Å². The molecule has 5 nitrogen and oxygen atoms in total. The lowest BCUT2D eigenvalue weighted by molar-refractivity contribution is -0.0511. The summed E-state index contributed by atoms with van der Waals surface area (Å²) in [6.07, 6.45) is 0.226. The van der Waals surface area contributed by atoms with Crippen LogP contribution in [0.3, 0.4) is 0 Å². The van der Waals surface area contributed by atoms with Crippen LogP contribution in [0.4, 0.5) is 5.82 Å². The number of anilines is 1. The number of para-hydroxylation sites is 1. The first-order valence-electron chi connectivity index (χ1n) is 6.97. The summed E-state index contributed by atoms with van der Waals surface area (Å²) in [5, 5.41) is 23.2. The van der Waals surface area contributed by atoms with Crippen LogP contribution < -0.4 is 5.32 Å². The van der Waals surface area contributed by atoms with Crippen molar-refractivity contribution in [3.05, 3.63) is 35.9 Å². The molecule has 1 fully saturated rings. The highest BCUT2D eigenvalue weighted by Crippen LogP contribution is 2.42.